The lowest BCUT2D eigenvalue weighted by Crippen LogP contribution is -2.38. The highest BCUT2D eigenvalue weighted by Gasteiger charge is 2.15. The lowest BCUT2D eigenvalue weighted by molar-refractivity contribution is 0.357. The summed E-state index contributed by atoms with van der Waals surface area (Å²) in [6.07, 6.45) is 2.37. The molecule has 1 aromatic carbocycles. The van der Waals surface area contributed by atoms with Crippen LogP contribution in [-0.4, -0.2) is 5.54 Å². The molecule has 0 aliphatic heterocycles. The van der Waals surface area contributed by atoms with E-state index in [-0.39, 0.29) is 5.54 Å². The van der Waals surface area contributed by atoms with Gasteiger partial charge in [0.25, 0.3) is 0 Å². The van der Waals surface area contributed by atoms with Crippen molar-refractivity contribution in [3.63, 3.8) is 0 Å². The van der Waals surface area contributed by atoms with Crippen molar-refractivity contribution in [1.29, 1.82) is 0 Å². The Morgan fingerprint density at radius 2 is 1.93 bits per heavy atom. The van der Waals surface area contributed by atoms with Gasteiger partial charge >= 0.3 is 0 Å². The van der Waals surface area contributed by atoms with Crippen LogP contribution in [0.3, 0.4) is 0 Å². The van der Waals surface area contributed by atoms with Crippen LogP contribution >= 0.6 is 11.6 Å². The minimum Gasteiger partial charge on any atom is -0.308 e. The van der Waals surface area contributed by atoms with E-state index < -0.39 is 0 Å². The van der Waals surface area contributed by atoms with Crippen LogP contribution in [0, 0.1) is 0 Å². The van der Waals surface area contributed by atoms with Crippen molar-refractivity contribution in [2.24, 2.45) is 0 Å². The number of benzene rings is 1. The predicted molar refractivity (Wildman–Crippen MR) is 67.3 cm³/mol. The minimum absolute atomic E-state index is 0.188. The summed E-state index contributed by atoms with van der Waals surface area (Å²) in [5, 5.41) is 4.38. The average molecular weight is 226 g/mol. The van der Waals surface area contributed by atoms with Gasteiger partial charge in [0.1, 0.15) is 0 Å². The first-order valence-corrected chi connectivity index (χ1v) is 5.91. The molecule has 0 saturated heterocycles. The summed E-state index contributed by atoms with van der Waals surface area (Å²) in [4.78, 5) is 0. The molecule has 1 aromatic rings. The first kappa shape index (κ1) is 12.5. The third-order valence-corrected chi connectivity index (χ3v) is 2.96. The predicted octanol–water partition coefficient (Wildman–Crippen LogP) is 4.01. The summed E-state index contributed by atoms with van der Waals surface area (Å²) < 4.78 is 0. The van der Waals surface area contributed by atoms with Gasteiger partial charge in [-0.1, -0.05) is 43.1 Å². The third kappa shape index (κ3) is 4.23. The summed E-state index contributed by atoms with van der Waals surface area (Å²) >= 11 is 6.09. The Kier molecular flexibility index (Phi) is 4.62. The maximum atomic E-state index is 6.09. The summed E-state index contributed by atoms with van der Waals surface area (Å²) in [6, 6.07) is 7.99. The minimum atomic E-state index is 0.188. The first-order chi connectivity index (χ1) is 7.05. The van der Waals surface area contributed by atoms with Gasteiger partial charge in [-0.3, -0.25) is 0 Å². The molecule has 84 valence electrons. The second-order valence-corrected chi connectivity index (χ2v) is 4.99. The number of rotatable bonds is 5. The summed E-state index contributed by atoms with van der Waals surface area (Å²) in [5.74, 6) is 0. The molecule has 0 saturated carbocycles. The second-order valence-electron chi connectivity index (χ2n) is 4.58. The van der Waals surface area contributed by atoms with Crippen LogP contribution in [0.4, 0.5) is 0 Å². The van der Waals surface area contributed by atoms with Crippen LogP contribution in [0.2, 0.25) is 5.02 Å². The smallest absolute Gasteiger partial charge is 0.0450 e. The topological polar surface area (TPSA) is 12.0 Å². The molecule has 0 amide bonds. The van der Waals surface area contributed by atoms with Gasteiger partial charge in [0.05, 0.1) is 0 Å². The fraction of sp³-hybridized carbons (Fsp3) is 0.538. The van der Waals surface area contributed by atoms with Gasteiger partial charge in [0, 0.05) is 17.1 Å². The molecule has 2 heteroatoms. The molecule has 0 bridgehead atoms. The van der Waals surface area contributed by atoms with Crippen LogP contribution in [0.25, 0.3) is 0 Å². The Labute approximate surface area is 97.8 Å². The number of hydrogen-bond acceptors (Lipinski definition) is 1. The van der Waals surface area contributed by atoms with Crippen LogP contribution in [0.5, 0.6) is 0 Å². The molecule has 0 spiro atoms. The van der Waals surface area contributed by atoms with E-state index in [9.17, 15) is 0 Å². The van der Waals surface area contributed by atoms with Crippen molar-refractivity contribution in [1.82, 2.24) is 5.32 Å². The van der Waals surface area contributed by atoms with E-state index in [4.69, 9.17) is 11.6 Å². The molecule has 1 N–H and O–H groups in total. The largest absolute Gasteiger partial charge is 0.308 e. The molecule has 0 atom stereocenters. The molecule has 0 unspecified atom stereocenters. The average Bonchev–Trinajstić information content (AvgIpc) is 2.16. The summed E-state index contributed by atoms with van der Waals surface area (Å²) in [5.41, 5.74) is 1.36. The first-order valence-electron chi connectivity index (χ1n) is 5.53. The quantitative estimate of drug-likeness (QED) is 0.799. The van der Waals surface area contributed by atoms with Gasteiger partial charge < -0.3 is 5.32 Å². The fourth-order valence-electron chi connectivity index (χ4n) is 1.69. The Morgan fingerprint density at radius 1 is 1.27 bits per heavy atom. The summed E-state index contributed by atoms with van der Waals surface area (Å²) in [6.45, 7) is 7.51. The fourth-order valence-corrected chi connectivity index (χ4v) is 1.89. The lowest BCUT2D eigenvalue weighted by Gasteiger charge is -2.26. The number of halogens is 1. The number of hydrogen-bond donors (Lipinski definition) is 1. The molecular weight excluding hydrogens is 206 g/mol. The van der Waals surface area contributed by atoms with Crippen molar-refractivity contribution in [3.8, 4) is 0 Å². The number of nitrogens with one attached hydrogen (secondary N) is 1. The van der Waals surface area contributed by atoms with Crippen LogP contribution in [0.15, 0.2) is 24.3 Å². The Hall–Kier alpha value is -0.530. The highest BCUT2D eigenvalue weighted by molar-refractivity contribution is 6.31. The molecule has 1 rings (SSSR count). The molecule has 0 fully saturated rings. The second kappa shape index (κ2) is 5.53. The Morgan fingerprint density at radius 3 is 2.53 bits per heavy atom. The molecule has 0 aromatic heterocycles. The molecular formula is C13H20ClN. The van der Waals surface area contributed by atoms with Crippen molar-refractivity contribution >= 4 is 11.6 Å². The molecule has 15 heavy (non-hydrogen) atoms. The van der Waals surface area contributed by atoms with Crippen molar-refractivity contribution in [2.45, 2.75) is 45.7 Å². The normalized spacial score (nSPS) is 11.7. The van der Waals surface area contributed by atoms with Gasteiger partial charge in [-0.05, 0) is 31.9 Å². The van der Waals surface area contributed by atoms with Crippen molar-refractivity contribution in [3.05, 3.63) is 34.9 Å². The zero-order valence-corrected chi connectivity index (χ0v) is 10.6. The van der Waals surface area contributed by atoms with E-state index >= 15 is 0 Å². The third-order valence-electron chi connectivity index (χ3n) is 2.59. The summed E-state index contributed by atoms with van der Waals surface area (Å²) in [7, 11) is 0. The van der Waals surface area contributed by atoms with E-state index in [1.165, 1.54) is 18.4 Å². The van der Waals surface area contributed by atoms with Crippen molar-refractivity contribution < 1.29 is 0 Å². The van der Waals surface area contributed by atoms with Gasteiger partial charge in [-0.2, -0.15) is 0 Å². The van der Waals surface area contributed by atoms with Crippen LogP contribution in [0.1, 0.15) is 39.2 Å². The van der Waals surface area contributed by atoms with Gasteiger partial charge in [0.15, 0.2) is 0 Å². The van der Waals surface area contributed by atoms with E-state index in [1.807, 2.05) is 18.2 Å². The highest BCUT2D eigenvalue weighted by Crippen LogP contribution is 2.17. The molecule has 0 aliphatic rings. The van der Waals surface area contributed by atoms with E-state index in [0.29, 0.717) is 0 Å². The van der Waals surface area contributed by atoms with Gasteiger partial charge in [-0.15, -0.1) is 0 Å². The molecule has 1 nitrogen and oxygen atoms in total. The van der Waals surface area contributed by atoms with E-state index in [0.717, 1.165) is 11.6 Å². The lowest BCUT2D eigenvalue weighted by atomic mass is 9.98. The monoisotopic (exact) mass is 225 g/mol. The maximum absolute atomic E-state index is 6.09. The standard InChI is InChI=1S/C13H20ClN/c1-4-9-13(2,3)15-10-11-7-5-6-8-12(11)14/h5-8,15H,4,9-10H2,1-3H3. The Bertz CT molecular complexity index is 307. The van der Waals surface area contributed by atoms with Crippen LogP contribution < -0.4 is 5.32 Å². The van der Waals surface area contributed by atoms with E-state index in [2.05, 4.69) is 32.2 Å². The maximum Gasteiger partial charge on any atom is 0.0450 e. The molecule has 0 radical (unpaired) electrons. The van der Waals surface area contributed by atoms with Gasteiger partial charge in [-0.25, -0.2) is 0 Å². The highest BCUT2D eigenvalue weighted by atomic mass is 35.5. The van der Waals surface area contributed by atoms with Crippen LogP contribution in [-0.2, 0) is 6.54 Å². The molecule has 0 aliphatic carbocycles. The zero-order valence-electron chi connectivity index (χ0n) is 9.81. The van der Waals surface area contributed by atoms with E-state index in [1.54, 1.807) is 0 Å². The van der Waals surface area contributed by atoms with Crippen molar-refractivity contribution in [2.75, 3.05) is 0 Å². The van der Waals surface area contributed by atoms with Gasteiger partial charge in [0.2, 0.25) is 0 Å². The molecule has 0 heterocycles. The zero-order chi connectivity index (χ0) is 11.3. The Balaban J connectivity index is 2.53. The SMILES string of the molecule is CCCC(C)(C)NCc1ccccc1Cl.